The third-order valence-electron chi connectivity index (χ3n) is 1.87. The Balaban J connectivity index is 4.46. The second-order valence-electron chi connectivity index (χ2n) is 3.01. The molecular formula is C11H17BrN2O. The minimum Gasteiger partial charge on any atom is -0.374 e. The summed E-state index contributed by atoms with van der Waals surface area (Å²) in [5.74, 6) is 1.10. The molecule has 1 N–H and O–H groups in total. The van der Waals surface area contributed by atoms with Crippen LogP contribution in [0.2, 0.25) is 0 Å². The summed E-state index contributed by atoms with van der Waals surface area (Å²) in [6.07, 6.45) is 4.51. The molecule has 3 nitrogen and oxygen atoms in total. The van der Waals surface area contributed by atoms with Crippen molar-refractivity contribution < 1.29 is 4.79 Å². The molecule has 0 spiro atoms. The number of carbonyl (C=O) groups is 1. The van der Waals surface area contributed by atoms with E-state index in [1.807, 2.05) is 19.9 Å². The molecule has 1 unspecified atom stereocenters. The van der Waals surface area contributed by atoms with Gasteiger partial charge in [-0.15, -0.1) is 0 Å². The SMILES string of the molecule is CCNC(=NC)C(C)/C=C\C(C=O)=C\Br. The van der Waals surface area contributed by atoms with Crippen molar-refractivity contribution in [1.82, 2.24) is 5.32 Å². The van der Waals surface area contributed by atoms with Crippen molar-refractivity contribution in [2.24, 2.45) is 10.9 Å². The van der Waals surface area contributed by atoms with Crippen LogP contribution < -0.4 is 5.32 Å². The minimum absolute atomic E-state index is 0.178. The summed E-state index contributed by atoms with van der Waals surface area (Å²) < 4.78 is 0. The fourth-order valence-electron chi connectivity index (χ4n) is 1.07. The number of aliphatic imine (C=N–C) groups is 1. The number of nitrogens with one attached hydrogen (secondary N) is 1. The highest BCUT2D eigenvalue weighted by atomic mass is 79.9. The number of aldehydes is 1. The normalized spacial score (nSPS) is 15.5. The Kier molecular flexibility index (Phi) is 7.91. The van der Waals surface area contributed by atoms with Crippen LogP contribution >= 0.6 is 15.9 Å². The van der Waals surface area contributed by atoms with E-state index in [4.69, 9.17) is 0 Å². The van der Waals surface area contributed by atoms with Crippen molar-refractivity contribution in [3.05, 3.63) is 22.7 Å². The first-order chi connectivity index (χ1) is 7.19. The molecule has 0 saturated carbocycles. The zero-order chi connectivity index (χ0) is 11.7. The van der Waals surface area contributed by atoms with Crippen molar-refractivity contribution in [1.29, 1.82) is 0 Å². The van der Waals surface area contributed by atoms with Gasteiger partial charge in [0.05, 0.1) is 0 Å². The van der Waals surface area contributed by atoms with Gasteiger partial charge in [-0.05, 0) is 11.9 Å². The predicted molar refractivity (Wildman–Crippen MR) is 68.4 cm³/mol. The standard InChI is InChI=1S/C11H17BrN2O/c1-4-14-11(13-3)9(2)5-6-10(7-12)8-15/h5-9H,4H2,1-3H3,(H,13,14)/b6-5-,10-7-. The highest BCUT2D eigenvalue weighted by Crippen LogP contribution is 2.04. The minimum atomic E-state index is 0.178. The van der Waals surface area contributed by atoms with Gasteiger partial charge in [-0.3, -0.25) is 9.79 Å². The first-order valence-electron chi connectivity index (χ1n) is 4.83. The summed E-state index contributed by atoms with van der Waals surface area (Å²) in [5.41, 5.74) is 0.605. The maximum atomic E-state index is 10.5. The highest BCUT2D eigenvalue weighted by Gasteiger charge is 2.04. The fraction of sp³-hybridized carbons (Fsp3) is 0.455. The number of allylic oxidation sites excluding steroid dienone is 2. The molecule has 0 radical (unpaired) electrons. The van der Waals surface area contributed by atoms with Gasteiger partial charge >= 0.3 is 0 Å². The zero-order valence-electron chi connectivity index (χ0n) is 9.33. The van der Waals surface area contributed by atoms with Crippen LogP contribution in [0.1, 0.15) is 13.8 Å². The first kappa shape index (κ1) is 14.1. The predicted octanol–water partition coefficient (Wildman–Crippen LogP) is 2.29. The van der Waals surface area contributed by atoms with Gasteiger partial charge in [0.25, 0.3) is 0 Å². The lowest BCUT2D eigenvalue weighted by Gasteiger charge is -2.11. The van der Waals surface area contributed by atoms with Crippen LogP contribution in [0.15, 0.2) is 27.7 Å². The maximum absolute atomic E-state index is 10.5. The third-order valence-corrected chi connectivity index (χ3v) is 2.40. The maximum Gasteiger partial charge on any atom is 0.150 e. The molecule has 4 heteroatoms. The van der Waals surface area contributed by atoms with Crippen LogP contribution in [0.5, 0.6) is 0 Å². The monoisotopic (exact) mass is 272 g/mol. The second-order valence-corrected chi connectivity index (χ2v) is 3.47. The van der Waals surface area contributed by atoms with Gasteiger partial charge in [0.2, 0.25) is 0 Å². The molecule has 15 heavy (non-hydrogen) atoms. The summed E-state index contributed by atoms with van der Waals surface area (Å²) in [6, 6.07) is 0. The van der Waals surface area contributed by atoms with Gasteiger partial charge in [-0.1, -0.05) is 35.0 Å². The summed E-state index contributed by atoms with van der Waals surface area (Å²) in [7, 11) is 1.75. The molecule has 0 aromatic heterocycles. The van der Waals surface area contributed by atoms with E-state index in [-0.39, 0.29) is 5.92 Å². The molecule has 0 amide bonds. The average molecular weight is 273 g/mol. The Hall–Kier alpha value is -0.900. The molecule has 0 aromatic rings. The smallest absolute Gasteiger partial charge is 0.150 e. The molecule has 0 saturated heterocycles. The van der Waals surface area contributed by atoms with E-state index in [0.29, 0.717) is 5.57 Å². The zero-order valence-corrected chi connectivity index (χ0v) is 10.9. The molecule has 84 valence electrons. The lowest BCUT2D eigenvalue weighted by Crippen LogP contribution is -2.28. The summed E-state index contributed by atoms with van der Waals surface area (Å²) >= 11 is 3.12. The number of hydrogen-bond acceptors (Lipinski definition) is 2. The van der Waals surface area contributed by atoms with Crippen LogP contribution in [0.4, 0.5) is 0 Å². The van der Waals surface area contributed by atoms with Gasteiger partial charge in [0.1, 0.15) is 5.84 Å². The molecule has 0 fully saturated rings. The molecular weight excluding hydrogens is 256 g/mol. The van der Waals surface area contributed by atoms with E-state index in [1.165, 1.54) is 0 Å². The molecule has 0 rings (SSSR count). The van der Waals surface area contributed by atoms with Crippen molar-refractivity contribution in [3.63, 3.8) is 0 Å². The van der Waals surface area contributed by atoms with E-state index in [2.05, 4.69) is 26.2 Å². The van der Waals surface area contributed by atoms with Crippen molar-refractivity contribution in [3.8, 4) is 0 Å². The Labute approximate surface area is 99.5 Å². The summed E-state index contributed by atoms with van der Waals surface area (Å²) in [5, 5.41) is 3.17. The van der Waals surface area contributed by atoms with E-state index >= 15 is 0 Å². The van der Waals surface area contributed by atoms with E-state index in [9.17, 15) is 4.79 Å². The van der Waals surface area contributed by atoms with Gasteiger partial charge in [0.15, 0.2) is 6.29 Å². The molecule has 0 aromatic carbocycles. The Morgan fingerprint density at radius 1 is 1.60 bits per heavy atom. The molecule has 0 heterocycles. The summed E-state index contributed by atoms with van der Waals surface area (Å²) in [6.45, 7) is 4.90. The highest BCUT2D eigenvalue weighted by molar-refractivity contribution is 9.11. The van der Waals surface area contributed by atoms with Crippen molar-refractivity contribution >= 4 is 28.1 Å². The van der Waals surface area contributed by atoms with Crippen LogP contribution in [0.25, 0.3) is 0 Å². The lowest BCUT2D eigenvalue weighted by atomic mass is 10.1. The van der Waals surface area contributed by atoms with Gasteiger partial charge in [-0.2, -0.15) is 0 Å². The second kappa shape index (κ2) is 8.41. The first-order valence-corrected chi connectivity index (χ1v) is 5.75. The summed E-state index contributed by atoms with van der Waals surface area (Å²) in [4.78, 5) is 16.3. The van der Waals surface area contributed by atoms with Crippen LogP contribution in [0.3, 0.4) is 0 Å². The van der Waals surface area contributed by atoms with Gasteiger partial charge in [0, 0.05) is 25.1 Å². The van der Waals surface area contributed by atoms with Crippen molar-refractivity contribution in [2.75, 3.05) is 13.6 Å². The van der Waals surface area contributed by atoms with Crippen LogP contribution in [0, 0.1) is 5.92 Å². The number of halogens is 1. The third kappa shape index (κ3) is 5.52. The fourth-order valence-corrected chi connectivity index (χ4v) is 1.33. The molecule has 1 atom stereocenters. The van der Waals surface area contributed by atoms with Gasteiger partial charge < -0.3 is 5.32 Å². The molecule has 0 aliphatic heterocycles. The molecule has 0 aliphatic carbocycles. The quantitative estimate of drug-likeness (QED) is 0.274. The average Bonchev–Trinajstić information content (AvgIpc) is 2.26. The molecule has 0 aliphatic rings. The van der Waals surface area contributed by atoms with E-state index < -0.39 is 0 Å². The number of amidine groups is 1. The van der Waals surface area contributed by atoms with Crippen molar-refractivity contribution in [2.45, 2.75) is 13.8 Å². The Morgan fingerprint density at radius 2 is 2.27 bits per heavy atom. The van der Waals surface area contributed by atoms with Crippen LogP contribution in [-0.2, 0) is 4.79 Å². The largest absolute Gasteiger partial charge is 0.374 e. The lowest BCUT2D eigenvalue weighted by molar-refractivity contribution is -0.104. The number of nitrogens with zero attached hydrogens (tertiary/aromatic N) is 1. The number of rotatable bonds is 5. The number of hydrogen-bond donors (Lipinski definition) is 1. The van der Waals surface area contributed by atoms with E-state index in [1.54, 1.807) is 18.1 Å². The topological polar surface area (TPSA) is 41.5 Å². The van der Waals surface area contributed by atoms with Crippen LogP contribution in [-0.4, -0.2) is 25.7 Å². The van der Waals surface area contributed by atoms with E-state index in [0.717, 1.165) is 18.7 Å². The number of carbonyl (C=O) groups excluding carboxylic acids is 1. The van der Waals surface area contributed by atoms with Gasteiger partial charge in [-0.25, -0.2) is 0 Å². The molecule has 0 bridgehead atoms. The Bertz CT molecular complexity index is 282. The Morgan fingerprint density at radius 3 is 2.67 bits per heavy atom.